The van der Waals surface area contributed by atoms with Crippen LogP contribution in [0, 0.1) is 5.92 Å². The van der Waals surface area contributed by atoms with Gasteiger partial charge >= 0.3 is 0 Å². The van der Waals surface area contributed by atoms with Gasteiger partial charge in [-0.1, -0.05) is 19.8 Å². The Labute approximate surface area is 122 Å². The summed E-state index contributed by atoms with van der Waals surface area (Å²) >= 11 is 0. The maximum absolute atomic E-state index is 9.45. The number of nitrogens with one attached hydrogen (secondary N) is 1. The van der Waals surface area contributed by atoms with Crippen molar-refractivity contribution in [3.8, 4) is 5.75 Å². The van der Waals surface area contributed by atoms with E-state index in [1.165, 1.54) is 32.1 Å². The molecule has 112 valence electrons. The van der Waals surface area contributed by atoms with Gasteiger partial charge in [0, 0.05) is 17.3 Å². The van der Waals surface area contributed by atoms with E-state index in [0.29, 0.717) is 12.6 Å². The molecule has 20 heavy (non-hydrogen) atoms. The zero-order valence-corrected chi connectivity index (χ0v) is 12.7. The fourth-order valence-electron chi connectivity index (χ4n) is 2.96. The highest BCUT2D eigenvalue weighted by Gasteiger charge is 2.16. The molecule has 1 aliphatic rings. The topological polar surface area (TPSA) is 41.5 Å². The number of ether oxygens (including phenoxy) is 1. The molecule has 1 fully saturated rings. The van der Waals surface area contributed by atoms with Crippen molar-refractivity contribution in [3.05, 3.63) is 23.8 Å². The van der Waals surface area contributed by atoms with Crippen molar-refractivity contribution in [2.75, 3.05) is 11.9 Å². The van der Waals surface area contributed by atoms with E-state index in [2.05, 4.69) is 18.3 Å². The van der Waals surface area contributed by atoms with Gasteiger partial charge in [-0.05, 0) is 50.3 Å². The molecule has 0 heterocycles. The van der Waals surface area contributed by atoms with Crippen LogP contribution >= 0.6 is 0 Å². The highest BCUT2D eigenvalue weighted by molar-refractivity contribution is 5.51. The molecule has 1 aliphatic carbocycles. The zero-order valence-electron chi connectivity index (χ0n) is 12.7. The molecule has 2 unspecified atom stereocenters. The second-order valence-corrected chi connectivity index (χ2v) is 5.87. The molecule has 0 saturated heterocycles. The maximum atomic E-state index is 9.45. The van der Waals surface area contributed by atoms with Crippen molar-refractivity contribution < 1.29 is 9.84 Å². The lowest BCUT2D eigenvalue weighted by Gasteiger charge is -2.19. The third-order valence-corrected chi connectivity index (χ3v) is 4.16. The number of benzene rings is 1. The molecular formula is C17H27NO2. The van der Waals surface area contributed by atoms with Gasteiger partial charge in [-0.3, -0.25) is 0 Å². The molecule has 1 saturated carbocycles. The van der Waals surface area contributed by atoms with Crippen LogP contribution in [0.2, 0.25) is 0 Å². The molecule has 3 heteroatoms. The highest BCUT2D eigenvalue weighted by atomic mass is 16.5. The van der Waals surface area contributed by atoms with Crippen LogP contribution in [0.1, 0.15) is 51.5 Å². The normalized spacial score (nSPS) is 23.1. The third kappa shape index (κ3) is 4.14. The fraction of sp³-hybridized carbons (Fsp3) is 0.647. The molecule has 2 rings (SSSR count). The van der Waals surface area contributed by atoms with Crippen LogP contribution in [0.4, 0.5) is 5.69 Å². The van der Waals surface area contributed by atoms with Gasteiger partial charge in [-0.25, -0.2) is 0 Å². The molecule has 1 aromatic carbocycles. The second kappa shape index (κ2) is 7.53. The van der Waals surface area contributed by atoms with Gasteiger partial charge in [0.1, 0.15) is 5.75 Å². The summed E-state index contributed by atoms with van der Waals surface area (Å²) in [6, 6.07) is 6.58. The van der Waals surface area contributed by atoms with E-state index >= 15 is 0 Å². The minimum Gasteiger partial charge on any atom is -0.494 e. The Bertz CT molecular complexity index is 419. The summed E-state index contributed by atoms with van der Waals surface area (Å²) in [6.45, 7) is 4.95. The maximum Gasteiger partial charge on any atom is 0.124 e. The Balaban J connectivity index is 2.01. The van der Waals surface area contributed by atoms with E-state index in [1.807, 2.05) is 19.1 Å². The minimum atomic E-state index is 0.0204. The lowest BCUT2D eigenvalue weighted by Crippen LogP contribution is -2.18. The Kier molecular flexibility index (Phi) is 5.72. The van der Waals surface area contributed by atoms with Gasteiger partial charge in [0.05, 0.1) is 13.2 Å². The minimum absolute atomic E-state index is 0.0204. The standard InChI is InChI=1S/C17H27NO2/c1-3-20-17-10-9-16(11-14(17)12-19)18-15-6-4-5-13(2)7-8-15/h9-11,13,15,18-19H,3-8,12H2,1-2H3. The summed E-state index contributed by atoms with van der Waals surface area (Å²) in [7, 11) is 0. The predicted octanol–water partition coefficient (Wildman–Crippen LogP) is 3.96. The first-order valence-electron chi connectivity index (χ1n) is 7.86. The van der Waals surface area contributed by atoms with Crippen LogP contribution in [0.15, 0.2) is 18.2 Å². The van der Waals surface area contributed by atoms with Gasteiger partial charge in [0.25, 0.3) is 0 Å². The first-order chi connectivity index (χ1) is 9.72. The average Bonchev–Trinajstić information content (AvgIpc) is 2.66. The van der Waals surface area contributed by atoms with Crippen LogP contribution in [0.3, 0.4) is 0 Å². The summed E-state index contributed by atoms with van der Waals surface area (Å²) < 4.78 is 5.52. The van der Waals surface area contributed by atoms with Crippen molar-refractivity contribution in [3.63, 3.8) is 0 Å². The Morgan fingerprint density at radius 2 is 2.10 bits per heavy atom. The Hall–Kier alpha value is -1.22. The van der Waals surface area contributed by atoms with Crippen LogP contribution in [-0.4, -0.2) is 17.8 Å². The van der Waals surface area contributed by atoms with E-state index in [1.54, 1.807) is 0 Å². The van der Waals surface area contributed by atoms with Gasteiger partial charge in [-0.2, -0.15) is 0 Å². The molecule has 3 nitrogen and oxygen atoms in total. The molecule has 1 aromatic rings. The van der Waals surface area contributed by atoms with Crippen LogP contribution in [0.5, 0.6) is 5.75 Å². The summed E-state index contributed by atoms with van der Waals surface area (Å²) in [6.07, 6.45) is 6.45. The Morgan fingerprint density at radius 1 is 1.25 bits per heavy atom. The van der Waals surface area contributed by atoms with Gasteiger partial charge in [0.15, 0.2) is 0 Å². The molecule has 0 aliphatic heterocycles. The van der Waals surface area contributed by atoms with E-state index in [4.69, 9.17) is 4.74 Å². The van der Waals surface area contributed by atoms with Crippen molar-refractivity contribution in [2.24, 2.45) is 5.92 Å². The van der Waals surface area contributed by atoms with Crippen molar-refractivity contribution >= 4 is 5.69 Å². The van der Waals surface area contributed by atoms with Crippen LogP contribution in [0.25, 0.3) is 0 Å². The molecule has 0 amide bonds. The van der Waals surface area contributed by atoms with E-state index in [-0.39, 0.29) is 6.61 Å². The summed E-state index contributed by atoms with van der Waals surface area (Å²) in [5.74, 6) is 1.64. The van der Waals surface area contributed by atoms with Crippen LogP contribution in [-0.2, 0) is 6.61 Å². The lowest BCUT2D eigenvalue weighted by atomic mass is 10.0. The summed E-state index contributed by atoms with van der Waals surface area (Å²) in [4.78, 5) is 0. The monoisotopic (exact) mass is 277 g/mol. The van der Waals surface area contributed by atoms with Gasteiger partial charge in [0.2, 0.25) is 0 Å². The first-order valence-corrected chi connectivity index (χ1v) is 7.86. The zero-order chi connectivity index (χ0) is 14.4. The summed E-state index contributed by atoms with van der Waals surface area (Å²) in [5.41, 5.74) is 1.95. The molecule has 2 atom stereocenters. The smallest absolute Gasteiger partial charge is 0.124 e. The first kappa shape index (κ1) is 15.2. The Morgan fingerprint density at radius 3 is 2.85 bits per heavy atom. The SMILES string of the molecule is CCOc1ccc(NC2CCCC(C)CC2)cc1CO. The lowest BCUT2D eigenvalue weighted by molar-refractivity contribution is 0.267. The quantitative estimate of drug-likeness (QED) is 0.800. The number of aliphatic hydroxyl groups is 1. The molecule has 0 bridgehead atoms. The fourth-order valence-corrected chi connectivity index (χ4v) is 2.96. The van der Waals surface area contributed by atoms with E-state index in [0.717, 1.165) is 22.9 Å². The number of rotatable bonds is 5. The third-order valence-electron chi connectivity index (χ3n) is 4.16. The van der Waals surface area contributed by atoms with Gasteiger partial charge in [-0.15, -0.1) is 0 Å². The number of hydrogen-bond acceptors (Lipinski definition) is 3. The number of hydrogen-bond donors (Lipinski definition) is 2. The number of aliphatic hydroxyl groups excluding tert-OH is 1. The largest absolute Gasteiger partial charge is 0.494 e. The van der Waals surface area contributed by atoms with Gasteiger partial charge < -0.3 is 15.2 Å². The molecular weight excluding hydrogens is 250 g/mol. The average molecular weight is 277 g/mol. The number of anilines is 1. The highest BCUT2D eigenvalue weighted by Crippen LogP contribution is 2.27. The summed E-state index contributed by atoms with van der Waals surface area (Å²) in [5, 5.41) is 13.1. The predicted molar refractivity (Wildman–Crippen MR) is 83.2 cm³/mol. The van der Waals surface area contributed by atoms with Crippen molar-refractivity contribution in [1.82, 2.24) is 0 Å². The van der Waals surface area contributed by atoms with Crippen LogP contribution < -0.4 is 10.1 Å². The molecule has 2 N–H and O–H groups in total. The van der Waals surface area contributed by atoms with Crippen molar-refractivity contribution in [2.45, 2.75) is 58.6 Å². The molecule has 0 radical (unpaired) electrons. The molecule has 0 spiro atoms. The van der Waals surface area contributed by atoms with E-state index < -0.39 is 0 Å². The molecule has 0 aromatic heterocycles. The van der Waals surface area contributed by atoms with E-state index in [9.17, 15) is 5.11 Å². The van der Waals surface area contributed by atoms with Crippen molar-refractivity contribution in [1.29, 1.82) is 0 Å². The second-order valence-electron chi connectivity index (χ2n) is 5.87.